The Hall–Kier alpha value is -2.63. The Bertz CT molecular complexity index is 895. The number of piperidine rings is 1. The summed E-state index contributed by atoms with van der Waals surface area (Å²) in [6.45, 7) is 0.973. The van der Waals surface area contributed by atoms with Crippen LogP contribution in [0.25, 0.3) is 0 Å². The molecular weight excluding hydrogens is 366 g/mol. The van der Waals surface area contributed by atoms with Crippen molar-refractivity contribution in [1.29, 1.82) is 0 Å². The van der Waals surface area contributed by atoms with Crippen molar-refractivity contribution in [2.75, 3.05) is 20.8 Å². The Morgan fingerprint density at radius 2 is 2.03 bits per heavy atom. The van der Waals surface area contributed by atoms with Crippen LogP contribution in [0.5, 0.6) is 5.75 Å². The monoisotopic (exact) mass is 393 g/mol. The van der Waals surface area contributed by atoms with Crippen LogP contribution in [0, 0.1) is 0 Å². The van der Waals surface area contributed by atoms with Gasteiger partial charge in [-0.1, -0.05) is 48.6 Å². The second kappa shape index (κ2) is 8.39. The minimum atomic E-state index is -0.395. The average molecular weight is 393 g/mol. The summed E-state index contributed by atoms with van der Waals surface area (Å²) >= 11 is 0. The van der Waals surface area contributed by atoms with Crippen molar-refractivity contribution in [3.63, 3.8) is 0 Å². The summed E-state index contributed by atoms with van der Waals surface area (Å²) in [5, 5.41) is 3.65. The smallest absolute Gasteiger partial charge is 0.309 e. The van der Waals surface area contributed by atoms with Gasteiger partial charge in [0, 0.05) is 5.56 Å². The van der Waals surface area contributed by atoms with Gasteiger partial charge in [0.15, 0.2) is 0 Å². The average Bonchev–Trinajstić information content (AvgIpc) is 3.18. The van der Waals surface area contributed by atoms with Gasteiger partial charge in [0.05, 0.1) is 26.7 Å². The van der Waals surface area contributed by atoms with Gasteiger partial charge in [-0.15, -0.1) is 0 Å². The van der Waals surface area contributed by atoms with E-state index in [2.05, 4.69) is 41.7 Å². The molecule has 2 heterocycles. The first-order valence-electron chi connectivity index (χ1n) is 10.0. The quantitative estimate of drug-likeness (QED) is 0.617. The van der Waals surface area contributed by atoms with Crippen LogP contribution in [0.2, 0.25) is 0 Å². The fourth-order valence-electron chi connectivity index (χ4n) is 4.37. The van der Waals surface area contributed by atoms with Crippen LogP contribution in [0.1, 0.15) is 41.7 Å². The second-order valence-electron chi connectivity index (χ2n) is 7.58. The van der Waals surface area contributed by atoms with Crippen molar-refractivity contribution in [2.24, 2.45) is 0 Å². The molecule has 0 amide bonds. The van der Waals surface area contributed by atoms with Crippen molar-refractivity contribution in [3.8, 4) is 5.75 Å². The van der Waals surface area contributed by atoms with Crippen LogP contribution in [-0.4, -0.2) is 32.3 Å². The lowest BCUT2D eigenvalue weighted by Crippen LogP contribution is -2.47. The molecule has 2 aliphatic heterocycles. The first-order valence-corrected chi connectivity index (χ1v) is 10.0. The van der Waals surface area contributed by atoms with Crippen LogP contribution in [-0.2, 0) is 20.7 Å². The summed E-state index contributed by atoms with van der Waals surface area (Å²) in [6.07, 6.45) is 6.32. The number of carbonyl (C=O) groups is 1. The molecule has 0 saturated carbocycles. The normalized spacial score (nSPS) is 25.9. The van der Waals surface area contributed by atoms with Gasteiger partial charge in [0.1, 0.15) is 17.5 Å². The third kappa shape index (κ3) is 3.93. The third-order valence-electron chi connectivity index (χ3n) is 5.79. The van der Waals surface area contributed by atoms with Gasteiger partial charge in [-0.2, -0.15) is 0 Å². The van der Waals surface area contributed by atoms with Gasteiger partial charge in [0.2, 0.25) is 0 Å². The van der Waals surface area contributed by atoms with Crippen LogP contribution in [0.4, 0.5) is 0 Å². The topological polar surface area (TPSA) is 56.8 Å². The number of ether oxygens (including phenoxy) is 3. The van der Waals surface area contributed by atoms with Crippen LogP contribution in [0.3, 0.4) is 0 Å². The highest BCUT2D eigenvalue weighted by atomic mass is 16.5. The molecular formula is C24H27NO4. The number of nitrogens with one attached hydrogen (secondary N) is 1. The van der Waals surface area contributed by atoms with Gasteiger partial charge in [-0.3, -0.25) is 4.79 Å². The van der Waals surface area contributed by atoms with E-state index in [0.29, 0.717) is 0 Å². The number of rotatable bonds is 5. The molecule has 1 saturated heterocycles. The molecule has 1 spiro atoms. The van der Waals surface area contributed by atoms with Crippen LogP contribution in [0.15, 0.2) is 60.7 Å². The Balaban J connectivity index is 1.63. The first-order chi connectivity index (χ1) is 14.1. The van der Waals surface area contributed by atoms with E-state index in [-0.39, 0.29) is 24.5 Å². The summed E-state index contributed by atoms with van der Waals surface area (Å²) in [4.78, 5) is 11.7. The predicted molar refractivity (Wildman–Crippen MR) is 111 cm³/mol. The van der Waals surface area contributed by atoms with E-state index < -0.39 is 5.60 Å². The van der Waals surface area contributed by atoms with Crippen molar-refractivity contribution in [3.05, 3.63) is 77.4 Å². The summed E-state index contributed by atoms with van der Waals surface area (Å²) < 4.78 is 17.1. The molecule has 5 heteroatoms. The van der Waals surface area contributed by atoms with Crippen molar-refractivity contribution >= 4 is 5.97 Å². The fourth-order valence-corrected chi connectivity index (χ4v) is 4.37. The van der Waals surface area contributed by atoms with Gasteiger partial charge in [-0.05, 0) is 42.6 Å². The van der Waals surface area contributed by atoms with Gasteiger partial charge >= 0.3 is 5.97 Å². The summed E-state index contributed by atoms with van der Waals surface area (Å²) in [6, 6.07) is 16.3. The molecule has 0 radical (unpaired) electrons. The highest BCUT2D eigenvalue weighted by molar-refractivity contribution is 5.72. The molecule has 5 nitrogen and oxygen atoms in total. The molecule has 2 aliphatic rings. The third-order valence-corrected chi connectivity index (χ3v) is 5.79. The summed E-state index contributed by atoms with van der Waals surface area (Å²) in [5.74, 6) is 0.492. The molecule has 1 N–H and O–H groups in total. The zero-order valence-electron chi connectivity index (χ0n) is 16.9. The lowest BCUT2D eigenvalue weighted by Gasteiger charge is -2.41. The standard InChI is InChI=1S/C24H27NO4/c1-27-20-10-9-17(16-22(26)28-2)15-19(20)21-11-13-24(29-21)12-6-14-25-23(24)18-7-4-3-5-8-18/h3-5,7-11,13,15,21,23,25H,6,12,14,16H2,1-2H3/t21?,23-,24+/m0/s1. The predicted octanol–water partition coefficient (Wildman–Crippen LogP) is 3.90. The minimum absolute atomic E-state index is 0.1000. The molecule has 3 atom stereocenters. The van der Waals surface area contributed by atoms with Gasteiger partial charge in [0.25, 0.3) is 0 Å². The molecule has 0 aromatic heterocycles. The lowest BCUT2D eigenvalue weighted by molar-refractivity contribution is -0.139. The van der Waals surface area contributed by atoms with Crippen LogP contribution < -0.4 is 10.1 Å². The first kappa shape index (κ1) is 19.7. The molecule has 1 unspecified atom stereocenters. The van der Waals surface area contributed by atoms with Crippen LogP contribution >= 0.6 is 0 Å². The largest absolute Gasteiger partial charge is 0.496 e. The summed E-state index contributed by atoms with van der Waals surface area (Å²) in [7, 11) is 3.06. The maximum atomic E-state index is 11.7. The van der Waals surface area contributed by atoms with Crippen molar-refractivity contribution in [1.82, 2.24) is 5.32 Å². The Labute approximate surface area is 171 Å². The molecule has 2 aromatic carbocycles. The highest BCUT2D eigenvalue weighted by Gasteiger charge is 2.45. The van der Waals surface area contributed by atoms with E-state index in [0.717, 1.165) is 36.3 Å². The molecule has 0 aliphatic carbocycles. The van der Waals surface area contributed by atoms with E-state index in [1.165, 1.54) is 12.7 Å². The zero-order valence-corrected chi connectivity index (χ0v) is 16.9. The van der Waals surface area contributed by atoms with E-state index in [9.17, 15) is 4.79 Å². The number of hydrogen-bond acceptors (Lipinski definition) is 5. The number of methoxy groups -OCH3 is 2. The highest BCUT2D eigenvalue weighted by Crippen LogP contribution is 2.47. The number of carbonyl (C=O) groups excluding carboxylic acids is 1. The maximum Gasteiger partial charge on any atom is 0.309 e. The maximum absolute atomic E-state index is 11.7. The second-order valence-corrected chi connectivity index (χ2v) is 7.58. The van der Waals surface area contributed by atoms with Crippen molar-refractivity contribution < 1.29 is 19.0 Å². The molecule has 2 aromatic rings. The van der Waals surface area contributed by atoms with E-state index in [1.807, 2.05) is 24.3 Å². The molecule has 0 bridgehead atoms. The fraction of sp³-hybridized carbons (Fsp3) is 0.375. The number of esters is 1. The molecule has 1 fully saturated rings. The Morgan fingerprint density at radius 3 is 2.79 bits per heavy atom. The van der Waals surface area contributed by atoms with E-state index in [1.54, 1.807) is 7.11 Å². The van der Waals surface area contributed by atoms with E-state index >= 15 is 0 Å². The SMILES string of the molecule is COC(=O)Cc1ccc(OC)c(C2C=C[C@@]3(CCCN[C@H]3c3ccccc3)O2)c1. The van der Waals surface area contributed by atoms with Gasteiger partial charge < -0.3 is 19.5 Å². The Morgan fingerprint density at radius 1 is 1.21 bits per heavy atom. The molecule has 29 heavy (non-hydrogen) atoms. The summed E-state index contributed by atoms with van der Waals surface area (Å²) in [5.41, 5.74) is 2.64. The lowest BCUT2D eigenvalue weighted by atomic mass is 9.82. The zero-order chi connectivity index (χ0) is 20.3. The number of benzene rings is 2. The Kier molecular flexibility index (Phi) is 5.69. The molecule has 4 rings (SSSR count). The minimum Gasteiger partial charge on any atom is -0.496 e. The van der Waals surface area contributed by atoms with Gasteiger partial charge in [-0.25, -0.2) is 0 Å². The van der Waals surface area contributed by atoms with E-state index in [4.69, 9.17) is 14.2 Å². The molecule has 152 valence electrons. The number of hydrogen-bond donors (Lipinski definition) is 1. The van der Waals surface area contributed by atoms with Crippen molar-refractivity contribution in [2.45, 2.75) is 37.0 Å².